The summed E-state index contributed by atoms with van der Waals surface area (Å²) in [6.07, 6.45) is 8.40. The highest BCUT2D eigenvalue weighted by Crippen LogP contribution is 2.18. The maximum atomic E-state index is 12.5. The van der Waals surface area contributed by atoms with Gasteiger partial charge in [0.25, 0.3) is 0 Å². The molecule has 0 saturated carbocycles. The van der Waals surface area contributed by atoms with E-state index in [2.05, 4.69) is 0 Å². The second-order valence-electron chi connectivity index (χ2n) is 4.57. The van der Waals surface area contributed by atoms with Gasteiger partial charge in [-0.25, -0.2) is 0 Å². The Balaban J connectivity index is 2.51. The maximum Gasteiger partial charge on any atom is 0.193 e. The first kappa shape index (κ1) is 12.0. The zero-order chi connectivity index (χ0) is 13.4. The third-order valence-corrected chi connectivity index (χ3v) is 3.44. The fourth-order valence-electron chi connectivity index (χ4n) is 2.53. The van der Waals surface area contributed by atoms with Gasteiger partial charge in [0.2, 0.25) is 0 Å². The first-order chi connectivity index (χ1) is 9.22. The van der Waals surface area contributed by atoms with E-state index in [-0.39, 0.29) is 5.43 Å². The largest absolute Gasteiger partial charge is 0.327 e. The van der Waals surface area contributed by atoms with Gasteiger partial charge in [-0.05, 0) is 24.6 Å². The van der Waals surface area contributed by atoms with E-state index >= 15 is 0 Å². The van der Waals surface area contributed by atoms with E-state index in [1.165, 1.54) is 0 Å². The maximum absolute atomic E-state index is 12.5. The van der Waals surface area contributed by atoms with Crippen LogP contribution in [0, 0.1) is 0 Å². The van der Waals surface area contributed by atoms with Crippen LogP contribution in [-0.2, 0) is 13.1 Å². The van der Waals surface area contributed by atoms with Crippen LogP contribution >= 0.6 is 0 Å². The SMILES string of the molecule is [B]c1ccc2c(=O)c3c(n(CN)c2c1)C=CC=CC3. The minimum atomic E-state index is 0.0610. The summed E-state index contributed by atoms with van der Waals surface area (Å²) in [6.45, 7) is 0.312. The molecule has 0 fully saturated rings. The van der Waals surface area contributed by atoms with Crippen LogP contribution in [0.2, 0.25) is 0 Å². The van der Waals surface area contributed by atoms with Crippen LogP contribution in [-0.4, -0.2) is 12.4 Å². The van der Waals surface area contributed by atoms with E-state index in [1.807, 2.05) is 28.9 Å². The molecule has 0 spiro atoms. The van der Waals surface area contributed by atoms with Crippen LogP contribution in [0.5, 0.6) is 0 Å². The lowest BCUT2D eigenvalue weighted by Gasteiger charge is -2.16. The van der Waals surface area contributed by atoms with Gasteiger partial charge >= 0.3 is 0 Å². The number of benzene rings is 1. The van der Waals surface area contributed by atoms with Crippen molar-refractivity contribution in [2.75, 3.05) is 0 Å². The lowest BCUT2D eigenvalue weighted by molar-refractivity contribution is 0.742. The van der Waals surface area contributed by atoms with Crippen LogP contribution in [0.15, 0.2) is 41.2 Å². The molecule has 3 nitrogen and oxygen atoms in total. The lowest BCUT2D eigenvalue weighted by Crippen LogP contribution is -2.22. The zero-order valence-corrected chi connectivity index (χ0v) is 10.5. The molecule has 0 unspecified atom stereocenters. The normalized spacial score (nSPS) is 13.5. The second-order valence-corrected chi connectivity index (χ2v) is 4.57. The molecule has 0 aliphatic heterocycles. The van der Waals surface area contributed by atoms with Crippen molar-refractivity contribution in [1.82, 2.24) is 4.57 Å². The van der Waals surface area contributed by atoms with Crippen molar-refractivity contribution in [3.63, 3.8) is 0 Å². The van der Waals surface area contributed by atoms with Gasteiger partial charge in [0, 0.05) is 16.6 Å². The van der Waals surface area contributed by atoms with E-state index in [4.69, 9.17) is 13.6 Å². The van der Waals surface area contributed by atoms with Crippen LogP contribution in [0.4, 0.5) is 0 Å². The molecule has 4 heteroatoms. The number of fused-ring (bicyclic) bond motifs is 2. The van der Waals surface area contributed by atoms with Gasteiger partial charge in [-0.1, -0.05) is 29.8 Å². The zero-order valence-electron chi connectivity index (χ0n) is 10.5. The van der Waals surface area contributed by atoms with Crippen LogP contribution < -0.4 is 16.6 Å². The quantitative estimate of drug-likeness (QED) is 0.760. The molecule has 0 amide bonds. The standard InChI is InChI=1S/C15H13BN2O/c16-10-6-7-12-14(8-10)18(9-17)13-5-3-1-2-4-11(13)15(12)19/h1-3,5-8H,4,9,17H2. The minimum Gasteiger partial charge on any atom is -0.327 e. The van der Waals surface area contributed by atoms with Gasteiger partial charge in [-0.3, -0.25) is 4.79 Å². The Labute approximate surface area is 112 Å². The Kier molecular flexibility index (Phi) is 2.88. The number of nitrogens with two attached hydrogens (primary N) is 1. The third-order valence-electron chi connectivity index (χ3n) is 3.44. The van der Waals surface area contributed by atoms with Gasteiger partial charge in [-0.2, -0.15) is 0 Å². The molecule has 1 aromatic carbocycles. The van der Waals surface area contributed by atoms with Crippen molar-refractivity contribution in [1.29, 1.82) is 0 Å². The lowest BCUT2D eigenvalue weighted by atomic mass is 9.94. The van der Waals surface area contributed by atoms with E-state index in [9.17, 15) is 4.79 Å². The summed E-state index contributed by atoms with van der Waals surface area (Å²) in [5, 5.41) is 0.669. The van der Waals surface area contributed by atoms with Crippen molar-refractivity contribution in [2.45, 2.75) is 13.1 Å². The van der Waals surface area contributed by atoms with E-state index in [0.717, 1.165) is 16.8 Å². The highest BCUT2D eigenvalue weighted by Gasteiger charge is 2.14. The molecule has 19 heavy (non-hydrogen) atoms. The number of hydrogen-bond acceptors (Lipinski definition) is 2. The number of pyridine rings is 1. The van der Waals surface area contributed by atoms with Crippen LogP contribution in [0.1, 0.15) is 11.3 Å². The van der Waals surface area contributed by atoms with Crippen LogP contribution in [0.3, 0.4) is 0 Å². The van der Waals surface area contributed by atoms with Crippen molar-refractivity contribution >= 4 is 30.3 Å². The third kappa shape index (κ3) is 1.85. The molecule has 3 rings (SSSR count). The Morgan fingerprint density at radius 3 is 2.95 bits per heavy atom. The molecule has 0 saturated heterocycles. The molecular formula is C15H13BN2O. The molecule has 0 atom stereocenters. The Hall–Kier alpha value is -2.07. The molecule has 0 bridgehead atoms. The molecule has 2 aromatic rings. The average molecular weight is 248 g/mol. The minimum absolute atomic E-state index is 0.0610. The number of aromatic nitrogens is 1. The predicted octanol–water partition coefficient (Wildman–Crippen LogP) is 0.837. The van der Waals surface area contributed by atoms with Crippen molar-refractivity contribution in [3.8, 4) is 0 Å². The van der Waals surface area contributed by atoms with Crippen LogP contribution in [0.25, 0.3) is 17.0 Å². The smallest absolute Gasteiger partial charge is 0.193 e. The summed E-state index contributed by atoms with van der Waals surface area (Å²) >= 11 is 0. The van der Waals surface area contributed by atoms with Gasteiger partial charge in [0.15, 0.2) is 5.43 Å². The predicted molar refractivity (Wildman–Crippen MR) is 79.7 cm³/mol. The van der Waals surface area contributed by atoms with E-state index < -0.39 is 0 Å². The Bertz CT molecular complexity index is 772. The number of hydrogen-bond donors (Lipinski definition) is 1. The molecule has 92 valence electrons. The number of allylic oxidation sites excluding steroid dienone is 3. The van der Waals surface area contributed by atoms with E-state index in [1.54, 1.807) is 18.2 Å². The van der Waals surface area contributed by atoms with Gasteiger partial charge in [0.05, 0.1) is 12.2 Å². The summed E-state index contributed by atoms with van der Waals surface area (Å²) in [7, 11) is 5.82. The van der Waals surface area contributed by atoms with E-state index in [0.29, 0.717) is 23.9 Å². The Morgan fingerprint density at radius 2 is 2.16 bits per heavy atom. The van der Waals surface area contributed by atoms with Crippen molar-refractivity contribution in [2.24, 2.45) is 5.73 Å². The molecule has 2 radical (unpaired) electrons. The number of nitrogens with zero attached hydrogens (tertiary/aromatic N) is 1. The molecule has 1 aromatic heterocycles. The molecule has 1 aliphatic rings. The first-order valence-electron chi connectivity index (χ1n) is 6.20. The first-order valence-corrected chi connectivity index (χ1v) is 6.20. The number of rotatable bonds is 1. The molecule has 2 N–H and O–H groups in total. The molecule has 1 heterocycles. The topological polar surface area (TPSA) is 48.0 Å². The monoisotopic (exact) mass is 248 g/mol. The Morgan fingerprint density at radius 1 is 1.32 bits per heavy atom. The van der Waals surface area contributed by atoms with Gasteiger partial charge in [0.1, 0.15) is 7.85 Å². The summed E-state index contributed by atoms with van der Waals surface area (Å²) in [6, 6.07) is 5.33. The fourth-order valence-corrected chi connectivity index (χ4v) is 2.53. The second kappa shape index (κ2) is 4.55. The summed E-state index contributed by atoms with van der Waals surface area (Å²) < 4.78 is 1.94. The highest BCUT2D eigenvalue weighted by atomic mass is 16.1. The fraction of sp³-hybridized carbons (Fsp3) is 0.133. The van der Waals surface area contributed by atoms with Crippen molar-refractivity contribution in [3.05, 3.63) is 57.9 Å². The molecule has 1 aliphatic carbocycles. The van der Waals surface area contributed by atoms with Gasteiger partial charge < -0.3 is 10.3 Å². The average Bonchev–Trinajstić information content (AvgIpc) is 2.65. The summed E-state index contributed by atoms with van der Waals surface area (Å²) in [4.78, 5) is 12.5. The molecular weight excluding hydrogens is 235 g/mol. The summed E-state index contributed by atoms with van der Waals surface area (Å²) in [5.74, 6) is 0. The highest BCUT2D eigenvalue weighted by molar-refractivity contribution is 6.33. The summed E-state index contributed by atoms with van der Waals surface area (Å²) in [5.41, 5.74) is 8.99. The van der Waals surface area contributed by atoms with Crippen molar-refractivity contribution < 1.29 is 0 Å². The van der Waals surface area contributed by atoms with Gasteiger partial charge in [-0.15, -0.1) is 0 Å².